The Balaban J connectivity index is 1.97. The van der Waals surface area contributed by atoms with Crippen LogP contribution in [0, 0.1) is 11.3 Å². The van der Waals surface area contributed by atoms with Crippen LogP contribution in [0.1, 0.15) is 25.3 Å². The summed E-state index contributed by atoms with van der Waals surface area (Å²) >= 11 is 0. The second-order valence-electron chi connectivity index (χ2n) is 4.67. The fraction of sp³-hybridized carbons (Fsp3) is 0.400. The van der Waals surface area contributed by atoms with Crippen LogP contribution in [-0.4, -0.2) is 18.0 Å². The Kier molecular flexibility index (Phi) is 3.95. The van der Waals surface area contributed by atoms with E-state index in [0.717, 1.165) is 26.1 Å². The molecule has 0 unspecified atom stereocenters. The average molecular weight is 226 g/mol. The Labute approximate surface area is 103 Å². The molecule has 2 heteroatoms. The zero-order valence-corrected chi connectivity index (χ0v) is 10.3. The Morgan fingerprint density at radius 3 is 2.71 bits per heavy atom. The monoisotopic (exact) mass is 226 g/mol. The standard InChI is InChI=1S/C15H18N2/c1-13-11-17(10-8-15(13)7-9-16)12-14-5-3-2-4-6-14/h2-6H,7-8,10-12H2,1H3. The lowest BCUT2D eigenvalue weighted by molar-refractivity contribution is 0.276. The van der Waals surface area contributed by atoms with Crippen molar-refractivity contribution in [2.45, 2.75) is 26.3 Å². The van der Waals surface area contributed by atoms with Crippen LogP contribution in [0.25, 0.3) is 0 Å². The van der Waals surface area contributed by atoms with Gasteiger partial charge in [0.25, 0.3) is 0 Å². The van der Waals surface area contributed by atoms with Gasteiger partial charge in [0.15, 0.2) is 0 Å². The summed E-state index contributed by atoms with van der Waals surface area (Å²) < 4.78 is 0. The number of rotatable bonds is 3. The molecule has 0 fully saturated rings. The molecule has 2 rings (SSSR count). The van der Waals surface area contributed by atoms with Crippen LogP contribution in [0.15, 0.2) is 41.5 Å². The SMILES string of the molecule is CC1=C(CC#N)CCN(Cc2ccccc2)C1. The molecule has 1 aromatic carbocycles. The van der Waals surface area contributed by atoms with Gasteiger partial charge in [-0.2, -0.15) is 5.26 Å². The van der Waals surface area contributed by atoms with Crippen molar-refractivity contribution in [3.8, 4) is 6.07 Å². The minimum Gasteiger partial charge on any atom is -0.295 e. The molecule has 0 radical (unpaired) electrons. The molecule has 0 bridgehead atoms. The van der Waals surface area contributed by atoms with Crippen molar-refractivity contribution in [3.05, 3.63) is 47.0 Å². The van der Waals surface area contributed by atoms with Gasteiger partial charge in [-0.25, -0.2) is 0 Å². The van der Waals surface area contributed by atoms with Crippen molar-refractivity contribution in [1.29, 1.82) is 5.26 Å². The second-order valence-corrected chi connectivity index (χ2v) is 4.67. The lowest BCUT2D eigenvalue weighted by atomic mass is 9.98. The van der Waals surface area contributed by atoms with E-state index in [4.69, 9.17) is 5.26 Å². The van der Waals surface area contributed by atoms with Crippen LogP contribution >= 0.6 is 0 Å². The van der Waals surface area contributed by atoms with Crippen molar-refractivity contribution in [2.24, 2.45) is 0 Å². The lowest BCUT2D eigenvalue weighted by Crippen LogP contribution is -2.30. The van der Waals surface area contributed by atoms with Crippen LogP contribution in [-0.2, 0) is 6.54 Å². The molecule has 1 aromatic rings. The van der Waals surface area contributed by atoms with E-state index in [1.54, 1.807) is 0 Å². The lowest BCUT2D eigenvalue weighted by Gasteiger charge is -2.29. The quantitative estimate of drug-likeness (QED) is 0.740. The zero-order chi connectivity index (χ0) is 12.1. The van der Waals surface area contributed by atoms with E-state index in [0.29, 0.717) is 6.42 Å². The predicted octanol–water partition coefficient (Wildman–Crippen LogP) is 3.12. The number of hydrogen-bond donors (Lipinski definition) is 0. The van der Waals surface area contributed by atoms with E-state index in [9.17, 15) is 0 Å². The molecule has 0 saturated heterocycles. The van der Waals surface area contributed by atoms with E-state index in [1.165, 1.54) is 16.7 Å². The van der Waals surface area contributed by atoms with Crippen LogP contribution in [0.4, 0.5) is 0 Å². The summed E-state index contributed by atoms with van der Waals surface area (Å²) in [5.74, 6) is 0. The molecule has 0 spiro atoms. The highest BCUT2D eigenvalue weighted by Gasteiger charge is 2.15. The summed E-state index contributed by atoms with van der Waals surface area (Å²) in [6, 6.07) is 12.8. The van der Waals surface area contributed by atoms with Gasteiger partial charge in [0, 0.05) is 19.6 Å². The van der Waals surface area contributed by atoms with E-state index in [2.05, 4.69) is 48.2 Å². The Bertz CT molecular complexity index is 440. The first kappa shape index (κ1) is 11.9. The summed E-state index contributed by atoms with van der Waals surface area (Å²) in [5, 5.41) is 8.74. The van der Waals surface area contributed by atoms with Gasteiger partial charge >= 0.3 is 0 Å². The molecular weight excluding hydrogens is 208 g/mol. The Hall–Kier alpha value is -1.59. The Morgan fingerprint density at radius 2 is 2.06 bits per heavy atom. The molecule has 0 saturated carbocycles. The van der Waals surface area contributed by atoms with Gasteiger partial charge in [-0.15, -0.1) is 0 Å². The van der Waals surface area contributed by atoms with E-state index in [-0.39, 0.29) is 0 Å². The fourth-order valence-electron chi connectivity index (χ4n) is 2.34. The van der Waals surface area contributed by atoms with Crippen molar-refractivity contribution in [2.75, 3.05) is 13.1 Å². The number of hydrogen-bond acceptors (Lipinski definition) is 2. The van der Waals surface area contributed by atoms with E-state index >= 15 is 0 Å². The maximum absolute atomic E-state index is 8.74. The molecule has 17 heavy (non-hydrogen) atoms. The number of nitriles is 1. The molecule has 0 atom stereocenters. The largest absolute Gasteiger partial charge is 0.295 e. The first-order valence-electron chi connectivity index (χ1n) is 6.10. The molecule has 1 aliphatic heterocycles. The molecule has 1 aliphatic rings. The maximum atomic E-state index is 8.74. The first-order chi connectivity index (χ1) is 8.29. The molecule has 2 nitrogen and oxygen atoms in total. The van der Waals surface area contributed by atoms with Gasteiger partial charge in [-0.05, 0) is 18.9 Å². The average Bonchev–Trinajstić information content (AvgIpc) is 2.34. The van der Waals surface area contributed by atoms with Crippen molar-refractivity contribution < 1.29 is 0 Å². The van der Waals surface area contributed by atoms with Crippen molar-refractivity contribution >= 4 is 0 Å². The minimum absolute atomic E-state index is 0.602. The summed E-state index contributed by atoms with van der Waals surface area (Å²) in [5.41, 5.74) is 4.09. The smallest absolute Gasteiger partial charge is 0.0666 e. The highest BCUT2D eigenvalue weighted by Crippen LogP contribution is 2.21. The molecule has 0 amide bonds. The summed E-state index contributed by atoms with van der Waals surface area (Å²) in [4.78, 5) is 2.45. The predicted molar refractivity (Wildman–Crippen MR) is 69.3 cm³/mol. The maximum Gasteiger partial charge on any atom is 0.0666 e. The summed E-state index contributed by atoms with van der Waals surface area (Å²) in [6.45, 7) is 5.25. The zero-order valence-electron chi connectivity index (χ0n) is 10.3. The topological polar surface area (TPSA) is 27.0 Å². The molecule has 0 N–H and O–H groups in total. The van der Waals surface area contributed by atoms with E-state index < -0.39 is 0 Å². The van der Waals surface area contributed by atoms with Crippen LogP contribution < -0.4 is 0 Å². The van der Waals surface area contributed by atoms with Gasteiger partial charge in [0.2, 0.25) is 0 Å². The second kappa shape index (κ2) is 5.65. The molecule has 1 heterocycles. The van der Waals surface area contributed by atoms with Crippen molar-refractivity contribution in [1.82, 2.24) is 4.90 Å². The van der Waals surface area contributed by atoms with Gasteiger partial charge in [0.1, 0.15) is 0 Å². The normalized spacial score (nSPS) is 16.9. The minimum atomic E-state index is 0.602. The third kappa shape index (κ3) is 3.18. The fourth-order valence-corrected chi connectivity index (χ4v) is 2.34. The summed E-state index contributed by atoms with van der Waals surface area (Å²) in [6.07, 6.45) is 1.65. The highest BCUT2D eigenvalue weighted by molar-refractivity contribution is 5.21. The van der Waals surface area contributed by atoms with Gasteiger partial charge in [-0.1, -0.05) is 41.5 Å². The van der Waals surface area contributed by atoms with E-state index in [1.807, 2.05) is 0 Å². The molecule has 88 valence electrons. The first-order valence-corrected chi connectivity index (χ1v) is 6.10. The van der Waals surface area contributed by atoms with Crippen LogP contribution in [0.3, 0.4) is 0 Å². The summed E-state index contributed by atoms with van der Waals surface area (Å²) in [7, 11) is 0. The number of nitrogens with zero attached hydrogens (tertiary/aromatic N) is 2. The number of benzene rings is 1. The highest BCUT2D eigenvalue weighted by atomic mass is 15.1. The molecular formula is C15H18N2. The van der Waals surface area contributed by atoms with Gasteiger partial charge in [0.05, 0.1) is 12.5 Å². The van der Waals surface area contributed by atoms with Crippen molar-refractivity contribution in [3.63, 3.8) is 0 Å². The van der Waals surface area contributed by atoms with Crippen LogP contribution in [0.5, 0.6) is 0 Å². The van der Waals surface area contributed by atoms with Gasteiger partial charge in [-0.3, -0.25) is 4.90 Å². The molecule has 0 aliphatic carbocycles. The third-order valence-corrected chi connectivity index (χ3v) is 3.34. The Morgan fingerprint density at radius 1 is 1.29 bits per heavy atom. The van der Waals surface area contributed by atoms with Crippen LogP contribution in [0.2, 0.25) is 0 Å². The van der Waals surface area contributed by atoms with Gasteiger partial charge < -0.3 is 0 Å². The molecule has 0 aromatic heterocycles. The third-order valence-electron chi connectivity index (χ3n) is 3.34.